The second-order valence-electron chi connectivity index (χ2n) is 6.85. The van der Waals surface area contributed by atoms with Crippen molar-refractivity contribution < 1.29 is 0 Å². The fraction of sp³-hybridized carbons (Fsp3) is 1.00. The maximum absolute atomic E-state index is 2.80. The number of rotatable bonds is 3. The fourth-order valence-electron chi connectivity index (χ4n) is 2.87. The Labute approximate surface area is 95.2 Å². The van der Waals surface area contributed by atoms with E-state index in [1.165, 1.54) is 51.6 Å². The Morgan fingerprint density at radius 1 is 1.07 bits per heavy atom. The smallest absolute Gasteiger partial charge is 0.0100 e. The van der Waals surface area contributed by atoms with Crippen LogP contribution in [-0.4, -0.2) is 24.0 Å². The molecule has 0 N–H and O–H groups in total. The van der Waals surface area contributed by atoms with Gasteiger partial charge in [-0.1, -0.05) is 27.2 Å². The summed E-state index contributed by atoms with van der Waals surface area (Å²) in [6.07, 6.45) is 8.73. The minimum Gasteiger partial charge on any atom is -0.300 e. The van der Waals surface area contributed by atoms with Crippen molar-refractivity contribution in [3.63, 3.8) is 0 Å². The summed E-state index contributed by atoms with van der Waals surface area (Å²) in [5.74, 6) is 1.06. The van der Waals surface area contributed by atoms with Crippen molar-refractivity contribution in [3.8, 4) is 0 Å². The minimum atomic E-state index is 0.504. The number of hydrogen-bond donors (Lipinski definition) is 0. The van der Waals surface area contributed by atoms with Gasteiger partial charge in [0.15, 0.2) is 0 Å². The van der Waals surface area contributed by atoms with E-state index in [-0.39, 0.29) is 0 Å². The maximum Gasteiger partial charge on any atom is 0.0100 e. The van der Waals surface area contributed by atoms with E-state index in [9.17, 15) is 0 Å². The Kier molecular flexibility index (Phi) is 3.39. The van der Waals surface area contributed by atoms with Crippen LogP contribution in [0.4, 0.5) is 0 Å². The summed E-state index contributed by atoms with van der Waals surface area (Å²) in [7, 11) is 0. The third kappa shape index (κ3) is 3.79. The lowest BCUT2D eigenvalue weighted by atomic mass is 9.84. The van der Waals surface area contributed by atoms with Crippen LogP contribution in [0.1, 0.15) is 59.3 Å². The van der Waals surface area contributed by atoms with E-state index >= 15 is 0 Å². The highest BCUT2D eigenvalue weighted by molar-refractivity contribution is 4.85. The predicted octanol–water partition coefficient (Wildman–Crippen LogP) is 3.69. The molecule has 0 amide bonds. The summed E-state index contributed by atoms with van der Waals surface area (Å²) in [5, 5.41) is 0. The molecule has 1 atom stereocenters. The summed E-state index contributed by atoms with van der Waals surface area (Å²) in [6, 6.07) is 0.888. The molecule has 1 saturated carbocycles. The van der Waals surface area contributed by atoms with E-state index in [0.717, 1.165) is 12.0 Å². The van der Waals surface area contributed by atoms with Gasteiger partial charge in [0.1, 0.15) is 0 Å². The van der Waals surface area contributed by atoms with Crippen LogP contribution < -0.4 is 0 Å². The lowest BCUT2D eigenvalue weighted by molar-refractivity contribution is 0.105. The minimum absolute atomic E-state index is 0.504. The predicted molar refractivity (Wildman–Crippen MR) is 66.0 cm³/mol. The van der Waals surface area contributed by atoms with E-state index < -0.39 is 0 Å². The van der Waals surface area contributed by atoms with Crippen molar-refractivity contribution in [1.29, 1.82) is 0 Å². The molecule has 1 heterocycles. The van der Waals surface area contributed by atoms with Crippen molar-refractivity contribution in [2.45, 2.75) is 65.3 Å². The van der Waals surface area contributed by atoms with Crippen LogP contribution in [0.3, 0.4) is 0 Å². The standard InChI is InChI=1S/C14H27N/c1-14(2,3)10-13-6-4-5-9-15(13)11-12-7-8-12/h12-13H,4-11H2,1-3H3/t13-/m1/s1. The molecule has 2 aliphatic rings. The zero-order chi connectivity index (χ0) is 10.9. The number of piperidine rings is 1. The van der Waals surface area contributed by atoms with Crippen LogP contribution in [0.15, 0.2) is 0 Å². The molecule has 0 radical (unpaired) electrons. The summed E-state index contributed by atoms with van der Waals surface area (Å²) < 4.78 is 0. The van der Waals surface area contributed by atoms with Crippen molar-refractivity contribution in [2.75, 3.05) is 13.1 Å². The summed E-state index contributed by atoms with van der Waals surface area (Å²) >= 11 is 0. The third-order valence-electron chi connectivity index (χ3n) is 3.79. The molecule has 0 aromatic heterocycles. The molecule has 0 aromatic rings. The van der Waals surface area contributed by atoms with Gasteiger partial charge < -0.3 is 4.90 Å². The molecule has 0 bridgehead atoms. The highest BCUT2D eigenvalue weighted by Gasteiger charge is 2.31. The SMILES string of the molecule is CC(C)(C)C[C@H]1CCCCN1CC1CC1. The van der Waals surface area contributed by atoms with Gasteiger partial charge in [0.25, 0.3) is 0 Å². The van der Waals surface area contributed by atoms with Gasteiger partial charge in [-0.15, -0.1) is 0 Å². The lowest BCUT2D eigenvalue weighted by Gasteiger charge is -2.39. The molecular weight excluding hydrogens is 182 g/mol. The Hall–Kier alpha value is -0.0400. The van der Waals surface area contributed by atoms with Crippen LogP contribution in [0, 0.1) is 11.3 Å². The fourth-order valence-corrected chi connectivity index (χ4v) is 2.87. The molecule has 2 rings (SSSR count). The van der Waals surface area contributed by atoms with E-state index in [1.807, 2.05) is 0 Å². The average molecular weight is 209 g/mol. The van der Waals surface area contributed by atoms with E-state index in [0.29, 0.717) is 5.41 Å². The van der Waals surface area contributed by atoms with Crippen LogP contribution >= 0.6 is 0 Å². The molecule has 2 fully saturated rings. The Morgan fingerprint density at radius 2 is 1.80 bits per heavy atom. The number of hydrogen-bond acceptors (Lipinski definition) is 1. The van der Waals surface area contributed by atoms with Gasteiger partial charge in [-0.05, 0) is 50.0 Å². The zero-order valence-corrected chi connectivity index (χ0v) is 10.8. The van der Waals surface area contributed by atoms with Crippen LogP contribution in [0.25, 0.3) is 0 Å². The van der Waals surface area contributed by atoms with Crippen LogP contribution in [0.5, 0.6) is 0 Å². The van der Waals surface area contributed by atoms with Crippen molar-refractivity contribution in [3.05, 3.63) is 0 Å². The second kappa shape index (κ2) is 4.45. The van der Waals surface area contributed by atoms with Crippen molar-refractivity contribution in [1.82, 2.24) is 4.90 Å². The average Bonchev–Trinajstić information content (AvgIpc) is 2.89. The van der Waals surface area contributed by atoms with E-state index in [1.54, 1.807) is 0 Å². The molecule has 0 unspecified atom stereocenters. The largest absolute Gasteiger partial charge is 0.300 e. The molecule has 1 nitrogen and oxygen atoms in total. The maximum atomic E-state index is 2.80. The topological polar surface area (TPSA) is 3.24 Å². The van der Waals surface area contributed by atoms with Crippen LogP contribution in [-0.2, 0) is 0 Å². The first-order valence-electron chi connectivity index (χ1n) is 6.79. The molecular formula is C14H27N. The summed E-state index contributed by atoms with van der Waals surface area (Å²) in [5.41, 5.74) is 0.504. The molecule has 1 saturated heterocycles. The monoisotopic (exact) mass is 209 g/mol. The molecule has 0 spiro atoms. The van der Waals surface area contributed by atoms with Gasteiger partial charge in [-0.3, -0.25) is 0 Å². The van der Waals surface area contributed by atoms with Crippen molar-refractivity contribution in [2.24, 2.45) is 11.3 Å². The van der Waals surface area contributed by atoms with Gasteiger partial charge in [-0.2, -0.15) is 0 Å². The van der Waals surface area contributed by atoms with Crippen LogP contribution in [0.2, 0.25) is 0 Å². The quantitative estimate of drug-likeness (QED) is 0.685. The molecule has 15 heavy (non-hydrogen) atoms. The Bertz CT molecular complexity index is 200. The highest BCUT2D eigenvalue weighted by atomic mass is 15.2. The zero-order valence-electron chi connectivity index (χ0n) is 10.8. The van der Waals surface area contributed by atoms with Gasteiger partial charge >= 0.3 is 0 Å². The third-order valence-corrected chi connectivity index (χ3v) is 3.79. The first-order valence-corrected chi connectivity index (χ1v) is 6.79. The van der Waals surface area contributed by atoms with E-state index in [2.05, 4.69) is 25.7 Å². The van der Waals surface area contributed by atoms with Gasteiger partial charge in [0.2, 0.25) is 0 Å². The molecule has 1 aliphatic heterocycles. The Morgan fingerprint density at radius 3 is 2.40 bits per heavy atom. The summed E-state index contributed by atoms with van der Waals surface area (Å²) in [4.78, 5) is 2.80. The second-order valence-corrected chi connectivity index (χ2v) is 6.85. The Balaban J connectivity index is 1.86. The molecule has 1 heteroatoms. The number of nitrogens with zero attached hydrogens (tertiary/aromatic N) is 1. The van der Waals surface area contributed by atoms with Gasteiger partial charge in [-0.25, -0.2) is 0 Å². The van der Waals surface area contributed by atoms with E-state index in [4.69, 9.17) is 0 Å². The molecule has 88 valence electrons. The summed E-state index contributed by atoms with van der Waals surface area (Å²) in [6.45, 7) is 9.93. The first kappa shape index (κ1) is 11.4. The van der Waals surface area contributed by atoms with Gasteiger partial charge in [0, 0.05) is 12.6 Å². The first-order chi connectivity index (χ1) is 7.04. The highest BCUT2D eigenvalue weighted by Crippen LogP contribution is 2.34. The molecule has 1 aliphatic carbocycles. The van der Waals surface area contributed by atoms with Crippen molar-refractivity contribution >= 4 is 0 Å². The van der Waals surface area contributed by atoms with Gasteiger partial charge in [0.05, 0.1) is 0 Å². The number of likely N-dealkylation sites (tertiary alicyclic amines) is 1. The molecule has 0 aromatic carbocycles. The normalized spacial score (nSPS) is 29.4. The lowest BCUT2D eigenvalue weighted by Crippen LogP contribution is -2.42.